The molecule has 2 aromatic rings. The average Bonchev–Trinajstić information content (AvgIpc) is 2.30. The molecule has 0 fully saturated rings. The minimum absolute atomic E-state index is 0.299. The topological polar surface area (TPSA) is 26.0 Å². The largest absolute Gasteiger partial charge is 0.399 e. The SMILES string of the molecule is Cc1ccc(F)c(C#Cc2cccc(N)c2)c1. The highest BCUT2D eigenvalue weighted by Gasteiger charge is 1.97. The fraction of sp³-hybridized carbons (Fsp3) is 0.0667. The van der Waals surface area contributed by atoms with Crippen molar-refractivity contribution >= 4 is 5.69 Å². The summed E-state index contributed by atoms with van der Waals surface area (Å²) in [5.74, 6) is 5.42. The van der Waals surface area contributed by atoms with Gasteiger partial charge in [-0.3, -0.25) is 0 Å². The van der Waals surface area contributed by atoms with E-state index >= 15 is 0 Å². The van der Waals surface area contributed by atoms with Crippen LogP contribution < -0.4 is 5.73 Å². The third kappa shape index (κ3) is 2.85. The van der Waals surface area contributed by atoms with Crippen molar-refractivity contribution < 1.29 is 4.39 Å². The van der Waals surface area contributed by atoms with Crippen LogP contribution in [0.25, 0.3) is 0 Å². The lowest BCUT2D eigenvalue weighted by atomic mass is 10.1. The van der Waals surface area contributed by atoms with Gasteiger partial charge in [0.2, 0.25) is 0 Å². The predicted molar refractivity (Wildman–Crippen MR) is 68.0 cm³/mol. The van der Waals surface area contributed by atoms with E-state index in [1.807, 2.05) is 19.1 Å². The van der Waals surface area contributed by atoms with Crippen molar-refractivity contribution in [2.45, 2.75) is 6.92 Å². The lowest BCUT2D eigenvalue weighted by molar-refractivity contribution is 0.624. The molecular weight excluding hydrogens is 213 g/mol. The molecule has 0 aliphatic heterocycles. The Morgan fingerprint density at radius 3 is 2.65 bits per heavy atom. The molecular formula is C15H12FN. The highest BCUT2D eigenvalue weighted by molar-refractivity contribution is 5.50. The molecule has 2 aromatic carbocycles. The number of rotatable bonds is 0. The lowest BCUT2D eigenvalue weighted by Gasteiger charge is -1.96. The maximum Gasteiger partial charge on any atom is 0.138 e. The summed E-state index contributed by atoms with van der Waals surface area (Å²) in [5.41, 5.74) is 8.48. The molecule has 1 nitrogen and oxygen atoms in total. The minimum atomic E-state index is -0.299. The van der Waals surface area contributed by atoms with E-state index in [0.717, 1.165) is 11.1 Å². The molecule has 0 bridgehead atoms. The summed E-state index contributed by atoms with van der Waals surface area (Å²) in [6.45, 7) is 1.91. The van der Waals surface area contributed by atoms with E-state index in [0.29, 0.717) is 11.3 Å². The van der Waals surface area contributed by atoms with E-state index in [-0.39, 0.29) is 5.82 Å². The van der Waals surface area contributed by atoms with Crippen molar-refractivity contribution in [3.63, 3.8) is 0 Å². The minimum Gasteiger partial charge on any atom is -0.399 e. The Bertz CT molecular complexity index is 606. The summed E-state index contributed by atoms with van der Waals surface area (Å²) < 4.78 is 13.4. The number of anilines is 1. The zero-order chi connectivity index (χ0) is 12.3. The molecule has 0 aliphatic carbocycles. The molecule has 2 N–H and O–H groups in total. The molecule has 0 saturated carbocycles. The molecule has 0 atom stereocenters. The molecule has 0 aliphatic rings. The Kier molecular flexibility index (Phi) is 3.11. The Hall–Kier alpha value is -2.27. The van der Waals surface area contributed by atoms with Crippen molar-refractivity contribution in [1.29, 1.82) is 0 Å². The van der Waals surface area contributed by atoms with Gasteiger partial charge < -0.3 is 5.73 Å². The Balaban J connectivity index is 2.36. The van der Waals surface area contributed by atoms with E-state index in [1.165, 1.54) is 6.07 Å². The van der Waals surface area contributed by atoms with Crippen LogP contribution >= 0.6 is 0 Å². The van der Waals surface area contributed by atoms with Crippen LogP contribution in [0.1, 0.15) is 16.7 Å². The summed E-state index contributed by atoms with van der Waals surface area (Å²) in [7, 11) is 0. The fourth-order valence-electron chi connectivity index (χ4n) is 1.49. The number of hydrogen-bond donors (Lipinski definition) is 1. The Morgan fingerprint density at radius 2 is 1.88 bits per heavy atom. The second-order valence-corrected chi connectivity index (χ2v) is 3.86. The third-order valence-corrected chi connectivity index (χ3v) is 2.35. The number of benzene rings is 2. The van der Waals surface area contributed by atoms with Gasteiger partial charge in [-0.05, 0) is 42.8 Å². The first kappa shape index (κ1) is 11.2. The first-order valence-electron chi connectivity index (χ1n) is 5.29. The molecule has 0 aromatic heterocycles. The summed E-state index contributed by atoms with van der Waals surface area (Å²) in [5, 5.41) is 0. The maximum atomic E-state index is 13.4. The van der Waals surface area contributed by atoms with E-state index in [1.54, 1.807) is 24.3 Å². The molecule has 17 heavy (non-hydrogen) atoms. The number of nitrogens with two attached hydrogens (primary N) is 1. The van der Waals surface area contributed by atoms with Crippen LogP contribution in [0.15, 0.2) is 42.5 Å². The summed E-state index contributed by atoms with van der Waals surface area (Å²) in [6.07, 6.45) is 0. The van der Waals surface area contributed by atoms with Crippen molar-refractivity contribution in [3.05, 3.63) is 65.0 Å². The quantitative estimate of drug-likeness (QED) is 0.541. The molecule has 2 rings (SSSR count). The summed E-state index contributed by atoms with van der Waals surface area (Å²) in [4.78, 5) is 0. The first-order valence-corrected chi connectivity index (χ1v) is 5.29. The molecule has 84 valence electrons. The zero-order valence-corrected chi connectivity index (χ0v) is 9.50. The highest BCUT2D eigenvalue weighted by atomic mass is 19.1. The van der Waals surface area contributed by atoms with E-state index in [9.17, 15) is 4.39 Å². The van der Waals surface area contributed by atoms with Gasteiger partial charge in [0.15, 0.2) is 0 Å². The molecule has 0 radical (unpaired) electrons. The van der Waals surface area contributed by atoms with E-state index in [2.05, 4.69) is 11.8 Å². The Labute approximate surface area is 100 Å². The molecule has 2 heteroatoms. The van der Waals surface area contributed by atoms with Crippen LogP contribution in [0.4, 0.5) is 10.1 Å². The highest BCUT2D eigenvalue weighted by Crippen LogP contribution is 2.09. The number of aryl methyl sites for hydroxylation is 1. The Morgan fingerprint density at radius 1 is 1.06 bits per heavy atom. The van der Waals surface area contributed by atoms with Crippen LogP contribution in [-0.2, 0) is 0 Å². The standard InChI is InChI=1S/C15H12FN/c1-11-5-8-15(16)13(9-11)7-6-12-3-2-4-14(17)10-12/h2-5,8-10H,17H2,1H3. The van der Waals surface area contributed by atoms with Gasteiger partial charge in [-0.15, -0.1) is 0 Å². The van der Waals surface area contributed by atoms with Crippen molar-refractivity contribution in [2.75, 3.05) is 5.73 Å². The summed E-state index contributed by atoms with van der Waals surface area (Å²) >= 11 is 0. The average molecular weight is 225 g/mol. The number of halogens is 1. The normalized spacial score (nSPS) is 9.53. The van der Waals surface area contributed by atoms with Crippen LogP contribution in [-0.4, -0.2) is 0 Å². The number of nitrogen functional groups attached to an aromatic ring is 1. The van der Waals surface area contributed by atoms with Crippen molar-refractivity contribution in [2.24, 2.45) is 0 Å². The third-order valence-electron chi connectivity index (χ3n) is 2.35. The first-order chi connectivity index (χ1) is 8.15. The van der Waals surface area contributed by atoms with Crippen LogP contribution in [0, 0.1) is 24.6 Å². The molecule has 0 unspecified atom stereocenters. The monoisotopic (exact) mass is 225 g/mol. The van der Waals surface area contributed by atoms with Gasteiger partial charge in [0.1, 0.15) is 5.82 Å². The van der Waals surface area contributed by atoms with Gasteiger partial charge in [-0.2, -0.15) is 0 Å². The molecule has 0 heterocycles. The van der Waals surface area contributed by atoms with Gasteiger partial charge in [-0.1, -0.05) is 24.0 Å². The number of hydrogen-bond acceptors (Lipinski definition) is 1. The van der Waals surface area contributed by atoms with Gasteiger partial charge in [0.05, 0.1) is 5.56 Å². The van der Waals surface area contributed by atoms with Crippen LogP contribution in [0.3, 0.4) is 0 Å². The molecule has 0 saturated heterocycles. The van der Waals surface area contributed by atoms with E-state index < -0.39 is 0 Å². The molecule has 0 amide bonds. The second kappa shape index (κ2) is 4.71. The van der Waals surface area contributed by atoms with Crippen molar-refractivity contribution in [1.82, 2.24) is 0 Å². The van der Waals surface area contributed by atoms with Crippen molar-refractivity contribution in [3.8, 4) is 11.8 Å². The second-order valence-electron chi connectivity index (χ2n) is 3.86. The predicted octanol–water partition coefficient (Wildman–Crippen LogP) is 3.12. The summed E-state index contributed by atoms with van der Waals surface area (Å²) in [6, 6.07) is 12.1. The van der Waals surface area contributed by atoms with Gasteiger partial charge in [0.25, 0.3) is 0 Å². The van der Waals surface area contributed by atoms with Gasteiger partial charge in [-0.25, -0.2) is 4.39 Å². The fourth-order valence-corrected chi connectivity index (χ4v) is 1.49. The maximum absolute atomic E-state index is 13.4. The smallest absolute Gasteiger partial charge is 0.138 e. The van der Waals surface area contributed by atoms with Gasteiger partial charge in [0, 0.05) is 11.3 Å². The lowest BCUT2D eigenvalue weighted by Crippen LogP contribution is -1.86. The molecule has 0 spiro atoms. The van der Waals surface area contributed by atoms with E-state index in [4.69, 9.17) is 5.73 Å². The van der Waals surface area contributed by atoms with Gasteiger partial charge >= 0.3 is 0 Å². The van der Waals surface area contributed by atoms with Crippen LogP contribution in [0.5, 0.6) is 0 Å². The zero-order valence-electron chi connectivity index (χ0n) is 9.50. The van der Waals surface area contributed by atoms with Crippen LogP contribution in [0.2, 0.25) is 0 Å².